The van der Waals surface area contributed by atoms with Crippen LogP contribution in [0.15, 0.2) is 24.3 Å². The third-order valence-corrected chi connectivity index (χ3v) is 4.99. The summed E-state index contributed by atoms with van der Waals surface area (Å²) < 4.78 is 15.8. The van der Waals surface area contributed by atoms with Gasteiger partial charge in [-0.1, -0.05) is 31.4 Å². The fourth-order valence-corrected chi connectivity index (χ4v) is 3.47. The fraction of sp³-hybridized carbons (Fsp3) is 0.700. The van der Waals surface area contributed by atoms with Crippen molar-refractivity contribution in [2.24, 2.45) is 0 Å². The van der Waals surface area contributed by atoms with Crippen LogP contribution in [0.3, 0.4) is 0 Å². The summed E-state index contributed by atoms with van der Waals surface area (Å²) in [6.07, 6.45) is 6.11. The minimum Gasteiger partial charge on any atom is -0.468 e. The molecule has 1 unspecified atom stereocenters. The minimum absolute atomic E-state index is 0.204. The van der Waals surface area contributed by atoms with Crippen LogP contribution in [0, 0.1) is 0 Å². The van der Waals surface area contributed by atoms with Crippen molar-refractivity contribution in [2.75, 3.05) is 41.2 Å². The average molecular weight is 351 g/mol. The van der Waals surface area contributed by atoms with Gasteiger partial charge in [-0.2, -0.15) is 0 Å². The third kappa shape index (κ3) is 6.59. The van der Waals surface area contributed by atoms with Gasteiger partial charge in [0.2, 0.25) is 0 Å². The zero-order chi connectivity index (χ0) is 18.1. The molecule has 1 atom stereocenters. The topological polar surface area (TPSA) is 51.2 Å². The number of benzene rings is 1. The Morgan fingerprint density at radius 2 is 1.76 bits per heavy atom. The molecule has 0 aromatic heterocycles. The number of nitrogens with zero attached hydrogens (tertiary/aromatic N) is 1. The summed E-state index contributed by atoms with van der Waals surface area (Å²) in [6, 6.07) is 8.31. The van der Waals surface area contributed by atoms with Crippen molar-refractivity contribution in [3.8, 4) is 5.75 Å². The molecule has 1 fully saturated rings. The van der Waals surface area contributed by atoms with Gasteiger partial charge in [0.15, 0.2) is 6.79 Å². The molecule has 142 valence electrons. The van der Waals surface area contributed by atoms with Gasteiger partial charge in [-0.3, -0.25) is 0 Å². The number of ether oxygens (including phenoxy) is 3. The average Bonchev–Trinajstić information content (AvgIpc) is 2.61. The summed E-state index contributed by atoms with van der Waals surface area (Å²) in [6.45, 7) is 1.31. The van der Waals surface area contributed by atoms with Gasteiger partial charge in [0.1, 0.15) is 5.75 Å². The van der Waals surface area contributed by atoms with Crippen molar-refractivity contribution in [2.45, 2.75) is 50.2 Å². The van der Waals surface area contributed by atoms with Crippen LogP contribution in [0.4, 0.5) is 0 Å². The number of rotatable bonds is 10. The molecule has 0 amide bonds. The minimum atomic E-state index is -0.530. The molecule has 1 aliphatic carbocycles. The highest BCUT2D eigenvalue weighted by atomic mass is 16.7. The SMILES string of the molecule is COCCOCOc1ccc(C(CC2(O)CCCCC2)N(C)C)cc1. The van der Waals surface area contributed by atoms with Gasteiger partial charge in [0, 0.05) is 13.2 Å². The summed E-state index contributed by atoms with van der Waals surface area (Å²) in [5.74, 6) is 0.787. The maximum absolute atomic E-state index is 10.9. The van der Waals surface area contributed by atoms with Gasteiger partial charge >= 0.3 is 0 Å². The van der Waals surface area contributed by atoms with Crippen molar-refractivity contribution in [1.82, 2.24) is 4.90 Å². The summed E-state index contributed by atoms with van der Waals surface area (Å²) in [4.78, 5) is 2.19. The first-order valence-corrected chi connectivity index (χ1v) is 9.22. The first-order chi connectivity index (χ1) is 12.0. The molecule has 0 saturated heterocycles. The normalized spacial score (nSPS) is 18.3. The standard InChI is InChI=1S/C20H33NO4/c1-21(2)19(15-20(22)11-5-4-6-12-20)17-7-9-18(10-8-17)25-16-24-14-13-23-3/h7-10,19,22H,4-6,11-16H2,1-3H3. The Hall–Kier alpha value is -1.14. The van der Waals surface area contributed by atoms with Crippen LogP contribution in [0.1, 0.15) is 50.1 Å². The maximum atomic E-state index is 10.9. The van der Waals surface area contributed by atoms with E-state index in [1.54, 1.807) is 7.11 Å². The lowest BCUT2D eigenvalue weighted by atomic mass is 9.79. The molecule has 0 spiro atoms. The second-order valence-corrected chi connectivity index (χ2v) is 7.20. The van der Waals surface area contributed by atoms with E-state index in [-0.39, 0.29) is 12.8 Å². The Morgan fingerprint density at radius 1 is 1.08 bits per heavy atom. The van der Waals surface area contributed by atoms with Gasteiger partial charge in [-0.05, 0) is 51.1 Å². The Kier molecular flexibility index (Phi) is 8.16. The maximum Gasteiger partial charge on any atom is 0.189 e. The predicted molar refractivity (Wildman–Crippen MR) is 98.8 cm³/mol. The van der Waals surface area contributed by atoms with E-state index in [0.29, 0.717) is 13.2 Å². The molecule has 25 heavy (non-hydrogen) atoms. The van der Waals surface area contributed by atoms with Crippen LogP contribution in [0.5, 0.6) is 5.75 Å². The van der Waals surface area contributed by atoms with E-state index < -0.39 is 5.60 Å². The highest BCUT2D eigenvalue weighted by Crippen LogP contribution is 2.37. The van der Waals surface area contributed by atoms with E-state index in [2.05, 4.69) is 31.1 Å². The number of hydrogen-bond donors (Lipinski definition) is 1. The summed E-state index contributed by atoms with van der Waals surface area (Å²) >= 11 is 0. The quantitative estimate of drug-likeness (QED) is 0.517. The van der Waals surface area contributed by atoms with E-state index in [1.807, 2.05) is 12.1 Å². The molecule has 5 nitrogen and oxygen atoms in total. The molecule has 1 aromatic carbocycles. The van der Waals surface area contributed by atoms with Gasteiger partial charge in [-0.25, -0.2) is 0 Å². The molecule has 0 bridgehead atoms. The molecule has 0 radical (unpaired) electrons. The van der Waals surface area contributed by atoms with E-state index >= 15 is 0 Å². The molecular formula is C20H33NO4. The summed E-state index contributed by atoms with van der Waals surface area (Å²) in [5, 5.41) is 10.9. The van der Waals surface area contributed by atoms with E-state index in [4.69, 9.17) is 14.2 Å². The lowest BCUT2D eigenvalue weighted by Crippen LogP contribution is -2.36. The molecule has 5 heteroatoms. The smallest absolute Gasteiger partial charge is 0.189 e. The van der Waals surface area contributed by atoms with E-state index in [0.717, 1.165) is 37.9 Å². The van der Waals surface area contributed by atoms with Gasteiger partial charge in [0.25, 0.3) is 0 Å². The lowest BCUT2D eigenvalue weighted by molar-refractivity contribution is -0.0227. The molecule has 1 aliphatic rings. The fourth-order valence-electron chi connectivity index (χ4n) is 3.47. The van der Waals surface area contributed by atoms with E-state index in [1.165, 1.54) is 12.0 Å². The molecule has 0 aliphatic heterocycles. The summed E-state index contributed by atoms with van der Waals surface area (Å²) in [5.41, 5.74) is 0.675. The van der Waals surface area contributed by atoms with Crippen molar-refractivity contribution < 1.29 is 19.3 Å². The molecule has 1 saturated carbocycles. The Bertz CT molecular complexity index is 483. The van der Waals surface area contributed by atoms with Crippen LogP contribution < -0.4 is 4.74 Å². The van der Waals surface area contributed by atoms with Crippen molar-refractivity contribution in [3.63, 3.8) is 0 Å². The largest absolute Gasteiger partial charge is 0.468 e. The Morgan fingerprint density at radius 3 is 2.36 bits per heavy atom. The lowest BCUT2D eigenvalue weighted by Gasteiger charge is -2.37. The highest BCUT2D eigenvalue weighted by molar-refractivity contribution is 5.29. The van der Waals surface area contributed by atoms with Crippen molar-refractivity contribution in [1.29, 1.82) is 0 Å². The number of hydrogen-bond acceptors (Lipinski definition) is 5. The van der Waals surface area contributed by atoms with Crippen molar-refractivity contribution in [3.05, 3.63) is 29.8 Å². The van der Waals surface area contributed by atoms with Crippen molar-refractivity contribution >= 4 is 0 Å². The zero-order valence-electron chi connectivity index (χ0n) is 15.9. The van der Waals surface area contributed by atoms with Crippen LogP contribution in [0.2, 0.25) is 0 Å². The highest BCUT2D eigenvalue weighted by Gasteiger charge is 2.33. The zero-order valence-corrected chi connectivity index (χ0v) is 15.9. The van der Waals surface area contributed by atoms with Crippen LogP contribution in [0.25, 0.3) is 0 Å². The van der Waals surface area contributed by atoms with Gasteiger partial charge in [0.05, 0.1) is 18.8 Å². The first-order valence-electron chi connectivity index (χ1n) is 9.22. The third-order valence-electron chi connectivity index (χ3n) is 4.99. The monoisotopic (exact) mass is 351 g/mol. The summed E-state index contributed by atoms with van der Waals surface area (Å²) in [7, 11) is 5.80. The Labute approximate surface area is 151 Å². The van der Waals surface area contributed by atoms with Crippen LogP contribution in [-0.2, 0) is 9.47 Å². The second kappa shape index (κ2) is 10.1. The molecular weight excluding hydrogens is 318 g/mol. The molecule has 0 heterocycles. The number of aliphatic hydroxyl groups is 1. The first kappa shape index (κ1) is 20.2. The molecule has 2 rings (SSSR count). The van der Waals surface area contributed by atoms with Crippen LogP contribution in [-0.4, -0.2) is 56.8 Å². The second-order valence-electron chi connectivity index (χ2n) is 7.20. The van der Waals surface area contributed by atoms with Gasteiger partial charge < -0.3 is 24.2 Å². The Balaban J connectivity index is 1.92. The van der Waals surface area contributed by atoms with Gasteiger partial charge in [-0.15, -0.1) is 0 Å². The number of methoxy groups -OCH3 is 1. The van der Waals surface area contributed by atoms with Crippen LogP contribution >= 0.6 is 0 Å². The predicted octanol–water partition coefficient (Wildman–Crippen LogP) is 3.37. The molecule has 1 aromatic rings. The van der Waals surface area contributed by atoms with E-state index in [9.17, 15) is 5.11 Å². The molecule has 1 N–H and O–H groups in total.